The summed E-state index contributed by atoms with van der Waals surface area (Å²) in [5, 5.41) is 3.66. The zero-order valence-corrected chi connectivity index (χ0v) is 13.1. The number of amides is 1. The third-order valence-electron chi connectivity index (χ3n) is 3.94. The molecule has 4 heteroatoms. The van der Waals surface area contributed by atoms with E-state index in [2.05, 4.69) is 17.4 Å². The number of rotatable bonds is 5. The summed E-state index contributed by atoms with van der Waals surface area (Å²) in [6.45, 7) is 0. The van der Waals surface area contributed by atoms with Crippen LogP contribution in [0.15, 0.2) is 48.5 Å². The lowest BCUT2D eigenvalue weighted by atomic mass is 10.0. The van der Waals surface area contributed by atoms with E-state index in [1.807, 2.05) is 18.2 Å². The summed E-state index contributed by atoms with van der Waals surface area (Å²) >= 11 is 6.01. The highest BCUT2D eigenvalue weighted by molar-refractivity contribution is 6.31. The molecule has 1 atom stereocenters. The smallest absolute Gasteiger partial charge is 0.255 e. The van der Waals surface area contributed by atoms with Crippen LogP contribution in [0.1, 0.15) is 34.8 Å². The van der Waals surface area contributed by atoms with E-state index in [9.17, 15) is 4.79 Å². The Bertz CT molecular complexity index is 668. The molecule has 1 saturated carbocycles. The van der Waals surface area contributed by atoms with Crippen molar-refractivity contribution in [3.05, 3.63) is 64.7 Å². The predicted octanol–water partition coefficient (Wildman–Crippen LogP) is 4.23. The van der Waals surface area contributed by atoms with Crippen molar-refractivity contribution in [1.82, 2.24) is 5.32 Å². The Labute approximate surface area is 135 Å². The molecule has 3 nitrogen and oxygen atoms in total. The third kappa shape index (κ3) is 3.25. The summed E-state index contributed by atoms with van der Waals surface area (Å²) in [6.07, 6.45) is 2.29. The normalized spacial score (nSPS) is 15.2. The Morgan fingerprint density at radius 2 is 1.95 bits per heavy atom. The average molecular weight is 316 g/mol. The van der Waals surface area contributed by atoms with Gasteiger partial charge in [-0.15, -0.1) is 0 Å². The maximum Gasteiger partial charge on any atom is 0.255 e. The molecule has 1 fully saturated rings. The molecule has 1 aliphatic carbocycles. The first-order valence-electron chi connectivity index (χ1n) is 7.38. The van der Waals surface area contributed by atoms with Crippen LogP contribution in [0.5, 0.6) is 5.75 Å². The number of hydrogen-bond acceptors (Lipinski definition) is 2. The maximum absolute atomic E-state index is 12.6. The summed E-state index contributed by atoms with van der Waals surface area (Å²) in [5.41, 5.74) is 1.61. The van der Waals surface area contributed by atoms with Gasteiger partial charge in [0.05, 0.1) is 18.7 Å². The van der Waals surface area contributed by atoms with Crippen LogP contribution < -0.4 is 10.1 Å². The van der Waals surface area contributed by atoms with Gasteiger partial charge in [-0.2, -0.15) is 0 Å². The van der Waals surface area contributed by atoms with Crippen molar-refractivity contribution in [3.8, 4) is 5.75 Å². The summed E-state index contributed by atoms with van der Waals surface area (Å²) in [4.78, 5) is 12.6. The van der Waals surface area contributed by atoms with E-state index in [0.717, 1.165) is 18.4 Å². The van der Waals surface area contributed by atoms with Crippen LogP contribution in [0.25, 0.3) is 0 Å². The van der Waals surface area contributed by atoms with E-state index >= 15 is 0 Å². The molecule has 0 saturated heterocycles. The lowest BCUT2D eigenvalue weighted by molar-refractivity contribution is 0.0928. The largest absolute Gasteiger partial charge is 0.496 e. The molecule has 3 rings (SSSR count). The topological polar surface area (TPSA) is 38.3 Å². The van der Waals surface area contributed by atoms with Gasteiger partial charge < -0.3 is 10.1 Å². The van der Waals surface area contributed by atoms with Crippen LogP contribution in [-0.4, -0.2) is 13.0 Å². The molecule has 114 valence electrons. The number of methoxy groups -OCH3 is 1. The lowest BCUT2D eigenvalue weighted by Gasteiger charge is -2.19. The van der Waals surface area contributed by atoms with Crippen molar-refractivity contribution in [3.63, 3.8) is 0 Å². The summed E-state index contributed by atoms with van der Waals surface area (Å²) < 4.78 is 5.27. The Kier molecular flexibility index (Phi) is 4.34. The molecule has 0 spiro atoms. The average Bonchev–Trinajstić information content (AvgIpc) is 3.38. The zero-order chi connectivity index (χ0) is 15.5. The van der Waals surface area contributed by atoms with E-state index in [0.29, 0.717) is 22.3 Å². The highest BCUT2D eigenvalue weighted by atomic mass is 35.5. The quantitative estimate of drug-likeness (QED) is 0.896. The highest BCUT2D eigenvalue weighted by Crippen LogP contribution is 2.41. The SMILES string of the molecule is COc1ccc(Cl)cc1C(=O)NC(c1ccccc1)C1CC1. The van der Waals surface area contributed by atoms with E-state index in [1.165, 1.54) is 0 Å². The van der Waals surface area contributed by atoms with Gasteiger partial charge in [0.25, 0.3) is 5.91 Å². The van der Waals surface area contributed by atoms with Crippen molar-refractivity contribution in [2.24, 2.45) is 5.92 Å². The van der Waals surface area contributed by atoms with E-state index < -0.39 is 0 Å². The van der Waals surface area contributed by atoms with E-state index in [4.69, 9.17) is 16.3 Å². The first kappa shape index (κ1) is 14.9. The minimum Gasteiger partial charge on any atom is -0.496 e. The van der Waals surface area contributed by atoms with Crippen molar-refractivity contribution < 1.29 is 9.53 Å². The monoisotopic (exact) mass is 315 g/mol. The van der Waals surface area contributed by atoms with Crippen LogP contribution >= 0.6 is 11.6 Å². The molecule has 0 bridgehead atoms. The number of hydrogen-bond donors (Lipinski definition) is 1. The molecule has 1 unspecified atom stereocenters. The fourth-order valence-corrected chi connectivity index (χ4v) is 2.81. The van der Waals surface area contributed by atoms with Gasteiger partial charge in [-0.3, -0.25) is 4.79 Å². The van der Waals surface area contributed by atoms with E-state index in [1.54, 1.807) is 25.3 Å². The van der Waals surface area contributed by atoms with Gasteiger partial charge in [0.15, 0.2) is 0 Å². The molecule has 1 aliphatic rings. The molecule has 22 heavy (non-hydrogen) atoms. The molecular weight excluding hydrogens is 298 g/mol. The molecule has 2 aromatic carbocycles. The zero-order valence-electron chi connectivity index (χ0n) is 12.4. The second-order valence-electron chi connectivity index (χ2n) is 5.54. The van der Waals surface area contributed by atoms with Crippen LogP contribution in [0.2, 0.25) is 5.02 Å². The number of halogens is 1. The van der Waals surface area contributed by atoms with Crippen molar-refractivity contribution in [2.45, 2.75) is 18.9 Å². The first-order valence-corrected chi connectivity index (χ1v) is 7.76. The summed E-state index contributed by atoms with van der Waals surface area (Å²) in [7, 11) is 1.55. The number of carbonyl (C=O) groups is 1. The van der Waals surface area contributed by atoms with Crippen LogP contribution in [0.3, 0.4) is 0 Å². The number of carbonyl (C=O) groups excluding carboxylic acids is 1. The summed E-state index contributed by atoms with van der Waals surface area (Å²) in [5.74, 6) is 0.890. The van der Waals surface area contributed by atoms with Gasteiger partial charge >= 0.3 is 0 Å². The fourth-order valence-electron chi connectivity index (χ4n) is 2.64. The molecular formula is C18H18ClNO2. The van der Waals surface area contributed by atoms with Crippen molar-refractivity contribution in [2.75, 3.05) is 7.11 Å². The Morgan fingerprint density at radius 1 is 1.23 bits per heavy atom. The second kappa shape index (κ2) is 6.41. The lowest BCUT2D eigenvalue weighted by Crippen LogP contribution is -2.30. The second-order valence-corrected chi connectivity index (χ2v) is 5.98. The Balaban J connectivity index is 1.84. The maximum atomic E-state index is 12.6. The van der Waals surface area contributed by atoms with Crippen LogP contribution in [-0.2, 0) is 0 Å². The molecule has 0 aromatic heterocycles. The molecule has 0 aliphatic heterocycles. The summed E-state index contributed by atoms with van der Waals surface area (Å²) in [6, 6.07) is 15.2. The minimum absolute atomic E-state index is 0.0392. The minimum atomic E-state index is -0.153. The van der Waals surface area contributed by atoms with Crippen LogP contribution in [0, 0.1) is 5.92 Å². The molecule has 0 radical (unpaired) electrons. The van der Waals surface area contributed by atoms with Gasteiger partial charge in [0, 0.05) is 5.02 Å². The standard InChI is InChI=1S/C18H18ClNO2/c1-22-16-10-9-14(19)11-15(16)18(21)20-17(13-7-8-13)12-5-3-2-4-6-12/h2-6,9-11,13,17H,7-8H2,1H3,(H,20,21). The van der Waals surface area contributed by atoms with Gasteiger partial charge in [-0.05, 0) is 42.5 Å². The predicted molar refractivity (Wildman–Crippen MR) is 87.4 cm³/mol. The van der Waals surface area contributed by atoms with Gasteiger partial charge in [-0.25, -0.2) is 0 Å². The Morgan fingerprint density at radius 3 is 2.59 bits per heavy atom. The van der Waals surface area contributed by atoms with Gasteiger partial charge in [0.2, 0.25) is 0 Å². The molecule has 2 aromatic rings. The van der Waals surface area contributed by atoms with E-state index in [-0.39, 0.29) is 11.9 Å². The molecule has 0 heterocycles. The number of ether oxygens (including phenoxy) is 1. The van der Waals surface area contributed by atoms with Gasteiger partial charge in [-0.1, -0.05) is 41.9 Å². The van der Waals surface area contributed by atoms with Crippen molar-refractivity contribution in [1.29, 1.82) is 0 Å². The number of nitrogens with one attached hydrogen (secondary N) is 1. The van der Waals surface area contributed by atoms with Gasteiger partial charge in [0.1, 0.15) is 5.75 Å². The number of benzene rings is 2. The third-order valence-corrected chi connectivity index (χ3v) is 4.18. The first-order chi connectivity index (χ1) is 10.7. The molecule has 1 N–H and O–H groups in total. The van der Waals surface area contributed by atoms with Crippen LogP contribution in [0.4, 0.5) is 0 Å². The molecule has 1 amide bonds. The Hall–Kier alpha value is -2.00. The highest BCUT2D eigenvalue weighted by Gasteiger charge is 2.33. The fraction of sp³-hybridized carbons (Fsp3) is 0.278. The van der Waals surface area contributed by atoms with Crippen molar-refractivity contribution >= 4 is 17.5 Å².